The maximum Gasteiger partial charge on any atom is 0.338 e. The molecule has 3 aromatic carbocycles. The fourth-order valence-electron chi connectivity index (χ4n) is 5.04. The number of hydrogen-bond donors (Lipinski definition) is 0. The lowest BCUT2D eigenvalue weighted by molar-refractivity contribution is -0.138. The monoisotopic (exact) mass is 539 g/mol. The molecule has 0 saturated heterocycles. The van der Waals surface area contributed by atoms with E-state index in [0.29, 0.717) is 32.9 Å². The van der Waals surface area contributed by atoms with Gasteiger partial charge in [-0.15, -0.1) is 0 Å². The van der Waals surface area contributed by atoms with E-state index in [-0.39, 0.29) is 28.2 Å². The zero-order chi connectivity index (χ0) is 27.3. The molecule has 0 aliphatic carbocycles. The number of carbonyl (C=O) groups is 2. The Labute approximate surface area is 226 Å². The molecule has 4 aromatic rings. The average molecular weight is 540 g/mol. The van der Waals surface area contributed by atoms with E-state index in [0.717, 1.165) is 11.3 Å². The van der Waals surface area contributed by atoms with E-state index in [1.54, 1.807) is 20.0 Å². The maximum absolute atomic E-state index is 14.2. The molecule has 7 nitrogen and oxygen atoms in total. The third-order valence-electron chi connectivity index (χ3n) is 6.82. The van der Waals surface area contributed by atoms with Gasteiger partial charge in [0.1, 0.15) is 10.3 Å². The zero-order valence-electron chi connectivity index (χ0n) is 21.1. The largest absolute Gasteiger partial charge is 0.463 e. The van der Waals surface area contributed by atoms with Crippen LogP contribution in [0.4, 0.5) is 10.1 Å². The van der Waals surface area contributed by atoms with Gasteiger partial charge >= 0.3 is 5.97 Å². The Kier molecular flexibility index (Phi) is 6.07. The summed E-state index contributed by atoms with van der Waals surface area (Å²) in [5, 5.41) is 0. The van der Waals surface area contributed by atoms with Gasteiger partial charge in [0.05, 0.1) is 35.2 Å². The van der Waals surface area contributed by atoms with E-state index in [9.17, 15) is 18.8 Å². The number of rotatable bonds is 4. The smallest absolute Gasteiger partial charge is 0.338 e. The van der Waals surface area contributed by atoms with Crippen LogP contribution >= 0.6 is 11.3 Å². The van der Waals surface area contributed by atoms with Crippen molar-refractivity contribution >= 4 is 40.2 Å². The van der Waals surface area contributed by atoms with Gasteiger partial charge in [-0.2, -0.15) is 0 Å². The summed E-state index contributed by atoms with van der Waals surface area (Å²) in [6.07, 6.45) is 0. The summed E-state index contributed by atoms with van der Waals surface area (Å²) < 4.78 is 21.0. The molecule has 6 rings (SSSR count). The molecule has 1 aromatic heterocycles. The van der Waals surface area contributed by atoms with Gasteiger partial charge in [-0.3, -0.25) is 14.2 Å². The molecule has 0 unspecified atom stereocenters. The van der Waals surface area contributed by atoms with Gasteiger partial charge in [-0.25, -0.2) is 14.2 Å². The third kappa shape index (κ3) is 3.93. The lowest BCUT2D eigenvalue weighted by atomic mass is 9.93. The van der Waals surface area contributed by atoms with Gasteiger partial charge in [0.15, 0.2) is 4.80 Å². The normalized spacial score (nSPS) is 17.6. The number of benzene rings is 3. The highest BCUT2D eigenvalue weighted by Crippen LogP contribution is 2.36. The number of hydrogen-bond acceptors (Lipinski definition) is 6. The first-order valence-electron chi connectivity index (χ1n) is 12.3. The number of aromatic nitrogens is 1. The van der Waals surface area contributed by atoms with Crippen LogP contribution in [0.15, 0.2) is 94.2 Å². The number of fused-ring (bicyclic) bond motifs is 2. The number of carbonyl (C=O) groups excluding carboxylic acids is 2. The molecular weight excluding hydrogens is 517 g/mol. The minimum atomic E-state index is -0.949. The van der Waals surface area contributed by atoms with E-state index >= 15 is 0 Å². The summed E-state index contributed by atoms with van der Waals surface area (Å²) in [5.41, 5.74) is 2.88. The van der Waals surface area contributed by atoms with Crippen molar-refractivity contribution in [2.45, 2.75) is 13.0 Å². The van der Waals surface area contributed by atoms with Crippen LogP contribution in [0.5, 0.6) is 0 Å². The van der Waals surface area contributed by atoms with Crippen molar-refractivity contribution in [3.63, 3.8) is 0 Å². The molecule has 194 valence electrons. The Hall–Kier alpha value is -4.63. The predicted octanol–water partition coefficient (Wildman–Crippen LogP) is 3.42. The summed E-state index contributed by atoms with van der Waals surface area (Å²) in [7, 11) is 1.67. The Morgan fingerprint density at radius 1 is 1.00 bits per heavy atom. The van der Waals surface area contributed by atoms with Crippen LogP contribution in [0, 0.1) is 5.82 Å². The van der Waals surface area contributed by atoms with Crippen molar-refractivity contribution < 1.29 is 18.7 Å². The van der Waals surface area contributed by atoms with Crippen LogP contribution in [-0.2, 0) is 14.3 Å². The second-order valence-corrected chi connectivity index (χ2v) is 10.0. The molecule has 39 heavy (non-hydrogen) atoms. The first kappa shape index (κ1) is 24.7. The van der Waals surface area contributed by atoms with Gasteiger partial charge in [0, 0.05) is 18.2 Å². The molecule has 0 spiro atoms. The fourth-order valence-corrected chi connectivity index (χ4v) is 6.13. The number of nitrogens with zero attached hydrogens (tertiary/aromatic N) is 3. The highest BCUT2D eigenvalue weighted by atomic mass is 32.1. The summed E-state index contributed by atoms with van der Waals surface area (Å²) in [6.45, 7) is 1.82. The SMILES string of the molecule is CCOC(=O)C1=C(c2ccccc2)N=c2s/c(=C3\C(=O)N(C)c4ccccc43)c(=O)n2[C@H]1c1ccc(F)cc1. The van der Waals surface area contributed by atoms with Crippen LogP contribution in [-0.4, -0.2) is 30.1 Å². The quantitative estimate of drug-likeness (QED) is 0.373. The number of likely N-dealkylation sites (N-methyl/N-ethyl adjacent to an activating group) is 1. The maximum atomic E-state index is 14.2. The second-order valence-electron chi connectivity index (χ2n) is 9.06. The van der Waals surface area contributed by atoms with E-state index in [1.807, 2.05) is 48.5 Å². The van der Waals surface area contributed by atoms with Crippen LogP contribution in [0.25, 0.3) is 11.3 Å². The Balaban J connectivity index is 1.72. The lowest BCUT2D eigenvalue weighted by Gasteiger charge is -2.25. The summed E-state index contributed by atoms with van der Waals surface area (Å²) in [6, 6.07) is 21.1. The summed E-state index contributed by atoms with van der Waals surface area (Å²) in [5.74, 6) is -1.38. The minimum Gasteiger partial charge on any atom is -0.463 e. The Bertz CT molecular complexity index is 1860. The van der Waals surface area contributed by atoms with Crippen LogP contribution in [0.1, 0.15) is 29.7 Å². The molecule has 1 atom stereocenters. The first-order chi connectivity index (χ1) is 18.9. The summed E-state index contributed by atoms with van der Waals surface area (Å²) >= 11 is 1.09. The van der Waals surface area contributed by atoms with Gasteiger partial charge < -0.3 is 9.64 Å². The molecule has 2 aliphatic heterocycles. The number of ether oxygens (including phenoxy) is 1. The van der Waals surface area contributed by atoms with Crippen LogP contribution in [0.3, 0.4) is 0 Å². The van der Waals surface area contributed by atoms with E-state index < -0.39 is 23.4 Å². The van der Waals surface area contributed by atoms with Crippen molar-refractivity contribution in [3.05, 3.63) is 127 Å². The lowest BCUT2D eigenvalue weighted by Crippen LogP contribution is -2.40. The zero-order valence-corrected chi connectivity index (χ0v) is 21.9. The van der Waals surface area contributed by atoms with Crippen molar-refractivity contribution in [3.8, 4) is 0 Å². The van der Waals surface area contributed by atoms with Crippen molar-refractivity contribution in [1.82, 2.24) is 4.57 Å². The molecule has 0 fully saturated rings. The van der Waals surface area contributed by atoms with Crippen LogP contribution < -0.4 is 19.8 Å². The van der Waals surface area contributed by atoms with Gasteiger partial charge in [-0.1, -0.05) is 72.0 Å². The molecule has 0 N–H and O–H groups in total. The van der Waals surface area contributed by atoms with Crippen molar-refractivity contribution in [1.29, 1.82) is 0 Å². The van der Waals surface area contributed by atoms with E-state index in [2.05, 4.69) is 0 Å². The van der Waals surface area contributed by atoms with Gasteiger partial charge in [0.2, 0.25) is 0 Å². The highest BCUT2D eigenvalue weighted by Gasteiger charge is 2.37. The Morgan fingerprint density at radius 2 is 1.69 bits per heavy atom. The number of anilines is 1. The number of thiazole rings is 1. The topological polar surface area (TPSA) is 81.0 Å². The summed E-state index contributed by atoms with van der Waals surface area (Å²) in [4.78, 5) is 47.6. The van der Waals surface area contributed by atoms with E-state index in [1.165, 1.54) is 33.7 Å². The molecule has 1 amide bonds. The van der Waals surface area contributed by atoms with Gasteiger partial charge in [-0.05, 0) is 30.7 Å². The van der Waals surface area contributed by atoms with E-state index in [4.69, 9.17) is 9.73 Å². The highest BCUT2D eigenvalue weighted by molar-refractivity contribution is 7.07. The van der Waals surface area contributed by atoms with Crippen molar-refractivity contribution in [2.24, 2.45) is 4.99 Å². The molecule has 3 heterocycles. The standard InChI is InChI=1S/C30H22FN3O4S/c1-3-38-29(37)23-24(17-9-5-4-6-10-17)32-30-34(25(23)18-13-15-19(31)16-14-18)28(36)26(39-30)22-20-11-7-8-12-21(20)33(2)27(22)35/h4-16,25H,3H2,1-2H3/b26-22-/t25-/m0/s1. The number of amides is 1. The third-order valence-corrected chi connectivity index (χ3v) is 7.87. The average Bonchev–Trinajstić information content (AvgIpc) is 3.41. The van der Waals surface area contributed by atoms with Crippen molar-refractivity contribution in [2.75, 3.05) is 18.6 Å². The molecule has 0 saturated carbocycles. The molecule has 0 radical (unpaired) electrons. The number of halogens is 1. The number of esters is 1. The molecule has 0 bridgehead atoms. The van der Waals surface area contributed by atoms with Crippen LogP contribution in [0.2, 0.25) is 0 Å². The predicted molar refractivity (Wildman–Crippen MR) is 146 cm³/mol. The molecular formula is C30H22FN3O4S. The fraction of sp³-hybridized carbons (Fsp3) is 0.133. The second kappa shape index (κ2) is 9.59. The van der Waals surface area contributed by atoms with Gasteiger partial charge in [0.25, 0.3) is 11.5 Å². The molecule has 2 aliphatic rings. The molecule has 9 heteroatoms. The first-order valence-corrected chi connectivity index (χ1v) is 13.2. The number of para-hydroxylation sites is 1. The minimum absolute atomic E-state index is 0.118. The Morgan fingerprint density at radius 3 is 2.41 bits per heavy atom.